The Kier molecular flexibility index (Phi) is 5.42. The van der Waals surface area contributed by atoms with Crippen LogP contribution in [0.4, 0.5) is 5.69 Å². The van der Waals surface area contributed by atoms with Crippen LogP contribution >= 0.6 is 0 Å². The quantitative estimate of drug-likeness (QED) is 0.680. The summed E-state index contributed by atoms with van der Waals surface area (Å²) in [7, 11) is 0. The summed E-state index contributed by atoms with van der Waals surface area (Å²) in [5.41, 5.74) is 5.28. The summed E-state index contributed by atoms with van der Waals surface area (Å²) in [6, 6.07) is 17.5. The van der Waals surface area contributed by atoms with Gasteiger partial charge in [0.1, 0.15) is 0 Å². The van der Waals surface area contributed by atoms with Crippen molar-refractivity contribution in [1.29, 1.82) is 0 Å². The minimum absolute atomic E-state index is 0.0934. The number of benzene rings is 2. The maximum absolute atomic E-state index is 12.8. The Morgan fingerprint density at radius 2 is 1.79 bits per heavy atom. The monoisotopic (exact) mass is 388 g/mol. The molecule has 0 bridgehead atoms. The van der Waals surface area contributed by atoms with E-state index in [1.165, 1.54) is 0 Å². The number of para-hydroxylation sites is 2. The van der Waals surface area contributed by atoms with Gasteiger partial charge in [-0.25, -0.2) is 4.68 Å². The van der Waals surface area contributed by atoms with E-state index in [0.717, 1.165) is 53.9 Å². The molecule has 0 atom stereocenters. The van der Waals surface area contributed by atoms with E-state index in [1.54, 1.807) is 0 Å². The maximum atomic E-state index is 12.8. The zero-order valence-corrected chi connectivity index (χ0v) is 16.4. The third-order valence-electron chi connectivity index (χ3n) is 5.23. The maximum Gasteiger partial charge on any atom is 0.272 e. The van der Waals surface area contributed by atoms with E-state index in [1.807, 2.05) is 66.2 Å². The van der Waals surface area contributed by atoms with Crippen LogP contribution in [0.25, 0.3) is 5.69 Å². The topological polar surface area (TPSA) is 76.0 Å². The molecule has 6 nitrogen and oxygen atoms in total. The van der Waals surface area contributed by atoms with Gasteiger partial charge < -0.3 is 10.6 Å². The SMILES string of the molecule is CCc1ccccc1NC(=O)CNC(=O)c1nn(-c2ccccc2)c2c1CCC2. The van der Waals surface area contributed by atoms with Gasteiger partial charge in [-0.1, -0.05) is 43.3 Å². The first-order chi connectivity index (χ1) is 14.2. The summed E-state index contributed by atoms with van der Waals surface area (Å²) in [6.07, 6.45) is 3.57. The number of carbonyl (C=O) groups is 2. The predicted molar refractivity (Wildman–Crippen MR) is 112 cm³/mol. The Morgan fingerprint density at radius 3 is 2.59 bits per heavy atom. The zero-order valence-electron chi connectivity index (χ0n) is 16.4. The van der Waals surface area contributed by atoms with Gasteiger partial charge in [0.05, 0.1) is 12.2 Å². The normalized spacial score (nSPS) is 12.4. The van der Waals surface area contributed by atoms with Crippen molar-refractivity contribution in [2.45, 2.75) is 32.6 Å². The van der Waals surface area contributed by atoms with Crippen molar-refractivity contribution >= 4 is 17.5 Å². The highest BCUT2D eigenvalue weighted by molar-refractivity contribution is 5.99. The molecule has 1 aromatic heterocycles. The van der Waals surface area contributed by atoms with Gasteiger partial charge in [-0.15, -0.1) is 0 Å². The number of nitrogens with zero attached hydrogens (tertiary/aromatic N) is 2. The standard InChI is InChI=1S/C23H24N4O2/c1-2-16-9-6-7-13-19(16)25-21(28)15-24-23(29)22-18-12-8-14-20(18)27(26-22)17-10-4-3-5-11-17/h3-7,9-11,13H,2,8,12,14-15H2,1H3,(H,24,29)(H,25,28). The highest BCUT2D eigenvalue weighted by Crippen LogP contribution is 2.27. The Bertz CT molecular complexity index is 1040. The number of nitrogens with one attached hydrogen (secondary N) is 2. The third-order valence-corrected chi connectivity index (χ3v) is 5.23. The highest BCUT2D eigenvalue weighted by atomic mass is 16.2. The van der Waals surface area contributed by atoms with Crippen LogP contribution < -0.4 is 10.6 Å². The second kappa shape index (κ2) is 8.31. The fourth-order valence-corrected chi connectivity index (χ4v) is 3.79. The number of fused-ring (bicyclic) bond motifs is 1. The fourth-order valence-electron chi connectivity index (χ4n) is 3.79. The van der Waals surface area contributed by atoms with Crippen molar-refractivity contribution in [1.82, 2.24) is 15.1 Å². The molecule has 0 spiro atoms. The molecule has 0 aliphatic heterocycles. The van der Waals surface area contributed by atoms with Gasteiger partial charge in [0.15, 0.2) is 5.69 Å². The van der Waals surface area contributed by atoms with E-state index >= 15 is 0 Å². The molecule has 3 aromatic rings. The first kappa shape index (κ1) is 18.9. The Hall–Kier alpha value is -3.41. The molecule has 29 heavy (non-hydrogen) atoms. The van der Waals surface area contributed by atoms with E-state index < -0.39 is 0 Å². The lowest BCUT2D eigenvalue weighted by molar-refractivity contribution is -0.115. The molecule has 0 saturated heterocycles. The summed E-state index contributed by atoms with van der Waals surface area (Å²) >= 11 is 0. The number of rotatable bonds is 6. The number of hydrogen-bond donors (Lipinski definition) is 2. The van der Waals surface area contributed by atoms with E-state index in [-0.39, 0.29) is 18.4 Å². The van der Waals surface area contributed by atoms with Crippen LogP contribution in [0, 0.1) is 0 Å². The van der Waals surface area contributed by atoms with Gasteiger partial charge in [0.2, 0.25) is 5.91 Å². The summed E-state index contributed by atoms with van der Waals surface area (Å²) in [5, 5.41) is 10.2. The van der Waals surface area contributed by atoms with E-state index in [0.29, 0.717) is 5.69 Å². The van der Waals surface area contributed by atoms with Crippen LogP contribution in [0.2, 0.25) is 0 Å². The molecule has 0 fully saturated rings. The molecule has 1 aliphatic carbocycles. The molecule has 1 heterocycles. The number of hydrogen-bond acceptors (Lipinski definition) is 3. The van der Waals surface area contributed by atoms with Crippen LogP contribution in [-0.4, -0.2) is 28.1 Å². The van der Waals surface area contributed by atoms with Crippen molar-refractivity contribution in [3.8, 4) is 5.69 Å². The van der Waals surface area contributed by atoms with E-state index in [2.05, 4.69) is 15.7 Å². The number of anilines is 1. The number of carbonyl (C=O) groups excluding carboxylic acids is 2. The molecule has 1 aliphatic rings. The van der Waals surface area contributed by atoms with Crippen LogP contribution in [-0.2, 0) is 24.1 Å². The molecular formula is C23H24N4O2. The Balaban J connectivity index is 1.46. The largest absolute Gasteiger partial charge is 0.342 e. The van der Waals surface area contributed by atoms with Crippen molar-refractivity contribution < 1.29 is 9.59 Å². The molecule has 6 heteroatoms. The van der Waals surface area contributed by atoms with Crippen molar-refractivity contribution in [3.63, 3.8) is 0 Å². The third kappa shape index (κ3) is 3.92. The van der Waals surface area contributed by atoms with Crippen LogP contribution in [0.5, 0.6) is 0 Å². The number of amides is 2. The van der Waals surface area contributed by atoms with Gasteiger partial charge in [-0.2, -0.15) is 5.10 Å². The lowest BCUT2D eigenvalue weighted by Gasteiger charge is -2.10. The predicted octanol–water partition coefficient (Wildman–Crippen LogP) is 3.29. The Labute approximate surface area is 169 Å². The summed E-state index contributed by atoms with van der Waals surface area (Å²) in [5.74, 6) is -0.560. The van der Waals surface area contributed by atoms with E-state index in [4.69, 9.17) is 0 Å². The summed E-state index contributed by atoms with van der Waals surface area (Å²) in [4.78, 5) is 25.1. The zero-order chi connectivity index (χ0) is 20.2. The van der Waals surface area contributed by atoms with Gasteiger partial charge in [0.25, 0.3) is 5.91 Å². The second-order valence-corrected chi connectivity index (χ2v) is 7.12. The molecule has 2 N–H and O–H groups in total. The van der Waals surface area contributed by atoms with Crippen molar-refractivity contribution in [3.05, 3.63) is 77.1 Å². The average Bonchev–Trinajstić information content (AvgIpc) is 3.36. The van der Waals surface area contributed by atoms with Crippen molar-refractivity contribution in [2.24, 2.45) is 0 Å². The second-order valence-electron chi connectivity index (χ2n) is 7.12. The minimum Gasteiger partial charge on any atom is -0.342 e. The van der Waals surface area contributed by atoms with Gasteiger partial charge >= 0.3 is 0 Å². The number of aryl methyl sites for hydroxylation is 1. The molecule has 4 rings (SSSR count). The fraction of sp³-hybridized carbons (Fsp3) is 0.261. The molecule has 0 saturated carbocycles. The molecular weight excluding hydrogens is 364 g/mol. The van der Waals surface area contributed by atoms with Crippen LogP contribution in [0.3, 0.4) is 0 Å². The van der Waals surface area contributed by atoms with Gasteiger partial charge in [0, 0.05) is 16.9 Å². The molecule has 2 aromatic carbocycles. The van der Waals surface area contributed by atoms with E-state index in [9.17, 15) is 9.59 Å². The smallest absolute Gasteiger partial charge is 0.272 e. The highest BCUT2D eigenvalue weighted by Gasteiger charge is 2.27. The average molecular weight is 388 g/mol. The molecule has 148 valence electrons. The first-order valence-electron chi connectivity index (χ1n) is 9.99. The van der Waals surface area contributed by atoms with Gasteiger partial charge in [-0.3, -0.25) is 9.59 Å². The number of aromatic nitrogens is 2. The first-order valence-corrected chi connectivity index (χ1v) is 9.99. The van der Waals surface area contributed by atoms with Gasteiger partial charge in [-0.05, 0) is 49.4 Å². The summed E-state index contributed by atoms with van der Waals surface area (Å²) in [6.45, 7) is 1.94. The lowest BCUT2D eigenvalue weighted by atomic mass is 10.1. The van der Waals surface area contributed by atoms with Crippen LogP contribution in [0.15, 0.2) is 54.6 Å². The minimum atomic E-state index is -0.309. The summed E-state index contributed by atoms with van der Waals surface area (Å²) < 4.78 is 1.86. The lowest BCUT2D eigenvalue weighted by Crippen LogP contribution is -2.33. The molecule has 0 unspecified atom stereocenters. The molecule has 2 amide bonds. The van der Waals surface area contributed by atoms with Crippen LogP contribution in [0.1, 0.15) is 40.7 Å². The van der Waals surface area contributed by atoms with Crippen molar-refractivity contribution in [2.75, 3.05) is 11.9 Å². The molecule has 0 radical (unpaired) electrons. The Morgan fingerprint density at radius 1 is 1.03 bits per heavy atom.